The standard InChI is InChI=1S/C18H24N2O2/c1-18(2,3)22-17(21)20-10-13-9-19-8-7-12-5-4-6-14(16(12)19)15(13)11-20/h4-6,13,15H,7-11H2,1-3H3/t13-,15+/m1/s1. The van der Waals surface area contributed by atoms with Crippen molar-refractivity contribution < 1.29 is 9.53 Å². The molecular formula is C18H24N2O2. The second-order valence-electron chi connectivity index (χ2n) is 7.80. The molecule has 3 heterocycles. The summed E-state index contributed by atoms with van der Waals surface area (Å²) in [5.41, 5.74) is 3.95. The van der Waals surface area contributed by atoms with Gasteiger partial charge in [0.25, 0.3) is 0 Å². The van der Waals surface area contributed by atoms with E-state index in [9.17, 15) is 4.79 Å². The molecule has 0 bridgehead atoms. The third-order valence-electron chi connectivity index (χ3n) is 5.07. The van der Waals surface area contributed by atoms with E-state index in [0.717, 1.165) is 26.2 Å². The topological polar surface area (TPSA) is 32.8 Å². The van der Waals surface area contributed by atoms with Crippen LogP contribution in [0, 0.1) is 5.92 Å². The number of nitrogens with zero attached hydrogens (tertiary/aromatic N) is 2. The lowest BCUT2D eigenvalue weighted by molar-refractivity contribution is 0.0287. The third-order valence-corrected chi connectivity index (χ3v) is 5.07. The maximum Gasteiger partial charge on any atom is 0.410 e. The molecule has 118 valence electrons. The van der Waals surface area contributed by atoms with Crippen LogP contribution in [0.1, 0.15) is 37.8 Å². The summed E-state index contributed by atoms with van der Waals surface area (Å²) in [5.74, 6) is 1.00. The van der Waals surface area contributed by atoms with Gasteiger partial charge in [-0.05, 0) is 38.3 Å². The molecule has 4 rings (SSSR count). The molecule has 1 fully saturated rings. The van der Waals surface area contributed by atoms with Crippen LogP contribution in [0.2, 0.25) is 0 Å². The first-order valence-electron chi connectivity index (χ1n) is 8.27. The number of carbonyl (C=O) groups is 1. The largest absolute Gasteiger partial charge is 0.444 e. The summed E-state index contributed by atoms with van der Waals surface area (Å²) < 4.78 is 5.55. The van der Waals surface area contributed by atoms with Crippen LogP contribution in [0.4, 0.5) is 10.5 Å². The average Bonchev–Trinajstić information content (AvgIpc) is 3.03. The Bertz CT molecular complexity index is 620. The second kappa shape index (κ2) is 4.64. The van der Waals surface area contributed by atoms with E-state index in [1.165, 1.54) is 23.2 Å². The molecule has 0 aromatic heterocycles. The Morgan fingerprint density at radius 3 is 2.82 bits per heavy atom. The summed E-state index contributed by atoms with van der Waals surface area (Å²) in [5, 5.41) is 0. The normalized spacial score (nSPS) is 26.0. The summed E-state index contributed by atoms with van der Waals surface area (Å²) in [7, 11) is 0. The Morgan fingerprint density at radius 1 is 1.23 bits per heavy atom. The molecule has 3 aliphatic rings. The minimum atomic E-state index is -0.423. The summed E-state index contributed by atoms with van der Waals surface area (Å²) in [6, 6.07) is 6.68. The first kappa shape index (κ1) is 13.9. The number of likely N-dealkylation sites (tertiary alicyclic amines) is 1. The van der Waals surface area contributed by atoms with Gasteiger partial charge in [-0.15, -0.1) is 0 Å². The molecule has 1 amide bonds. The lowest BCUT2D eigenvalue weighted by Gasteiger charge is -2.35. The van der Waals surface area contributed by atoms with Crippen molar-refractivity contribution in [3.05, 3.63) is 29.3 Å². The number of hydrogen-bond donors (Lipinski definition) is 0. The minimum absolute atomic E-state index is 0.164. The molecule has 0 unspecified atom stereocenters. The molecule has 0 N–H and O–H groups in total. The van der Waals surface area contributed by atoms with Gasteiger partial charge < -0.3 is 14.5 Å². The molecule has 3 aliphatic heterocycles. The van der Waals surface area contributed by atoms with E-state index in [2.05, 4.69) is 23.1 Å². The van der Waals surface area contributed by atoms with Crippen LogP contribution in [0.15, 0.2) is 18.2 Å². The number of rotatable bonds is 0. The SMILES string of the molecule is CC(C)(C)OC(=O)N1C[C@H]2CN3CCc4cccc(c43)[C@H]2C1. The van der Waals surface area contributed by atoms with E-state index in [1.807, 2.05) is 25.7 Å². The number of amides is 1. The summed E-state index contributed by atoms with van der Waals surface area (Å²) in [6.07, 6.45) is 1.00. The summed E-state index contributed by atoms with van der Waals surface area (Å²) in [6.45, 7) is 9.60. The van der Waals surface area contributed by atoms with Crippen molar-refractivity contribution in [2.45, 2.75) is 38.7 Å². The van der Waals surface area contributed by atoms with Gasteiger partial charge in [0.05, 0.1) is 0 Å². The molecule has 22 heavy (non-hydrogen) atoms. The lowest BCUT2D eigenvalue weighted by atomic mass is 9.83. The highest BCUT2D eigenvalue weighted by Gasteiger charge is 2.44. The number of benzene rings is 1. The Labute approximate surface area is 132 Å². The van der Waals surface area contributed by atoms with Gasteiger partial charge in [-0.2, -0.15) is 0 Å². The zero-order valence-electron chi connectivity index (χ0n) is 13.6. The number of hydrogen-bond acceptors (Lipinski definition) is 3. The van der Waals surface area contributed by atoms with Crippen molar-refractivity contribution in [2.24, 2.45) is 5.92 Å². The van der Waals surface area contributed by atoms with Crippen molar-refractivity contribution in [3.8, 4) is 0 Å². The monoisotopic (exact) mass is 300 g/mol. The van der Waals surface area contributed by atoms with E-state index in [4.69, 9.17) is 4.74 Å². The smallest absolute Gasteiger partial charge is 0.410 e. The summed E-state index contributed by atoms with van der Waals surface area (Å²) in [4.78, 5) is 16.8. The van der Waals surface area contributed by atoms with Gasteiger partial charge in [-0.1, -0.05) is 18.2 Å². The average molecular weight is 300 g/mol. The molecular weight excluding hydrogens is 276 g/mol. The lowest BCUT2D eigenvalue weighted by Crippen LogP contribution is -2.37. The van der Waals surface area contributed by atoms with Gasteiger partial charge in [0.15, 0.2) is 0 Å². The fourth-order valence-corrected chi connectivity index (χ4v) is 4.21. The van der Waals surface area contributed by atoms with Gasteiger partial charge in [0.2, 0.25) is 0 Å². The predicted octanol–water partition coefficient (Wildman–Crippen LogP) is 3.01. The van der Waals surface area contributed by atoms with Gasteiger partial charge in [0, 0.05) is 43.7 Å². The van der Waals surface area contributed by atoms with Crippen LogP contribution < -0.4 is 4.90 Å². The number of ether oxygens (including phenoxy) is 1. The van der Waals surface area contributed by atoms with Crippen LogP contribution in [-0.2, 0) is 11.2 Å². The van der Waals surface area contributed by atoms with E-state index in [1.54, 1.807) is 0 Å². The highest BCUT2D eigenvalue weighted by molar-refractivity contribution is 5.71. The van der Waals surface area contributed by atoms with Gasteiger partial charge in [-0.3, -0.25) is 0 Å². The molecule has 0 aliphatic carbocycles. The van der Waals surface area contributed by atoms with E-state index < -0.39 is 5.60 Å². The highest BCUT2D eigenvalue weighted by Crippen LogP contribution is 2.46. The molecule has 4 heteroatoms. The van der Waals surface area contributed by atoms with Gasteiger partial charge in [0.1, 0.15) is 5.60 Å². The number of carbonyl (C=O) groups excluding carboxylic acids is 1. The van der Waals surface area contributed by atoms with Crippen LogP contribution in [0.5, 0.6) is 0 Å². The van der Waals surface area contributed by atoms with Crippen LogP contribution >= 0.6 is 0 Å². The van der Waals surface area contributed by atoms with Crippen molar-refractivity contribution in [3.63, 3.8) is 0 Å². The van der Waals surface area contributed by atoms with Crippen LogP contribution in [0.3, 0.4) is 0 Å². The molecule has 1 aromatic carbocycles. The quantitative estimate of drug-likeness (QED) is 0.738. The molecule has 1 aromatic rings. The number of fused-ring (bicyclic) bond motifs is 2. The third kappa shape index (κ3) is 2.16. The maximum absolute atomic E-state index is 12.4. The van der Waals surface area contributed by atoms with Crippen molar-refractivity contribution in [2.75, 3.05) is 31.1 Å². The number of para-hydroxylation sites is 1. The van der Waals surface area contributed by atoms with Crippen molar-refractivity contribution in [1.29, 1.82) is 0 Å². The van der Waals surface area contributed by atoms with Crippen molar-refractivity contribution >= 4 is 11.8 Å². The Balaban J connectivity index is 1.59. The molecule has 2 atom stereocenters. The number of anilines is 1. The Kier molecular flexibility index (Phi) is 2.94. The summed E-state index contributed by atoms with van der Waals surface area (Å²) >= 11 is 0. The van der Waals surface area contributed by atoms with E-state index >= 15 is 0 Å². The molecule has 4 nitrogen and oxygen atoms in total. The maximum atomic E-state index is 12.4. The predicted molar refractivity (Wildman–Crippen MR) is 86.4 cm³/mol. The Morgan fingerprint density at radius 2 is 2.05 bits per heavy atom. The molecule has 0 spiro atoms. The molecule has 1 saturated heterocycles. The van der Waals surface area contributed by atoms with Crippen LogP contribution in [-0.4, -0.2) is 42.8 Å². The second-order valence-corrected chi connectivity index (χ2v) is 7.80. The van der Waals surface area contributed by atoms with E-state index in [0.29, 0.717) is 11.8 Å². The zero-order chi connectivity index (χ0) is 15.5. The fourth-order valence-electron chi connectivity index (χ4n) is 4.21. The minimum Gasteiger partial charge on any atom is -0.444 e. The van der Waals surface area contributed by atoms with Crippen molar-refractivity contribution in [1.82, 2.24) is 4.90 Å². The van der Waals surface area contributed by atoms with E-state index in [-0.39, 0.29) is 6.09 Å². The van der Waals surface area contributed by atoms with Crippen LogP contribution in [0.25, 0.3) is 0 Å². The van der Waals surface area contributed by atoms with Gasteiger partial charge >= 0.3 is 6.09 Å². The first-order chi connectivity index (χ1) is 10.4. The molecule has 0 radical (unpaired) electrons. The fraction of sp³-hybridized carbons (Fsp3) is 0.611. The highest BCUT2D eigenvalue weighted by atomic mass is 16.6. The zero-order valence-corrected chi connectivity index (χ0v) is 13.6. The Hall–Kier alpha value is -1.71. The van der Waals surface area contributed by atoms with Gasteiger partial charge in [-0.25, -0.2) is 4.79 Å². The molecule has 0 saturated carbocycles. The first-order valence-corrected chi connectivity index (χ1v) is 8.27.